The molecule has 24 heavy (non-hydrogen) atoms. The minimum Gasteiger partial charge on any atom is -0.434 e. The van der Waals surface area contributed by atoms with Gasteiger partial charge in [-0.05, 0) is 25.6 Å². The summed E-state index contributed by atoms with van der Waals surface area (Å²) in [6, 6.07) is 3.99. The van der Waals surface area contributed by atoms with Gasteiger partial charge in [-0.2, -0.15) is 13.9 Å². The van der Waals surface area contributed by atoms with Crippen molar-refractivity contribution in [3.8, 4) is 5.75 Å². The number of halogens is 3. The zero-order valence-corrected chi connectivity index (χ0v) is 14.2. The average Bonchev–Trinajstić information content (AvgIpc) is 2.89. The Morgan fingerprint density at radius 2 is 2.08 bits per heavy atom. The van der Waals surface area contributed by atoms with E-state index in [1.165, 1.54) is 6.07 Å². The van der Waals surface area contributed by atoms with Crippen LogP contribution in [0.25, 0.3) is 0 Å². The first-order valence-electron chi connectivity index (χ1n) is 6.93. The SMILES string of the molecule is CNC(C(=O)Nc1ccc(C)c(OC(F)F)c1)c1cnn(C)c1.Cl. The summed E-state index contributed by atoms with van der Waals surface area (Å²) in [5.74, 6) is -0.299. The van der Waals surface area contributed by atoms with E-state index in [1.54, 1.807) is 50.2 Å². The van der Waals surface area contributed by atoms with Gasteiger partial charge in [-0.3, -0.25) is 9.48 Å². The molecule has 2 rings (SSSR count). The van der Waals surface area contributed by atoms with Crippen LogP contribution in [0.1, 0.15) is 17.2 Å². The van der Waals surface area contributed by atoms with E-state index < -0.39 is 12.7 Å². The van der Waals surface area contributed by atoms with Crippen LogP contribution in [-0.2, 0) is 11.8 Å². The van der Waals surface area contributed by atoms with Gasteiger partial charge < -0.3 is 15.4 Å². The van der Waals surface area contributed by atoms with Crippen LogP contribution < -0.4 is 15.4 Å². The summed E-state index contributed by atoms with van der Waals surface area (Å²) >= 11 is 0. The van der Waals surface area contributed by atoms with Gasteiger partial charge in [0.1, 0.15) is 11.8 Å². The highest BCUT2D eigenvalue weighted by Gasteiger charge is 2.20. The van der Waals surface area contributed by atoms with Crippen LogP contribution >= 0.6 is 12.4 Å². The minimum absolute atomic E-state index is 0. The third-order valence-electron chi connectivity index (χ3n) is 3.28. The van der Waals surface area contributed by atoms with E-state index in [1.807, 2.05) is 0 Å². The molecule has 0 spiro atoms. The van der Waals surface area contributed by atoms with Gasteiger partial charge >= 0.3 is 6.61 Å². The molecule has 1 atom stereocenters. The second-order valence-corrected chi connectivity index (χ2v) is 5.02. The lowest BCUT2D eigenvalue weighted by Crippen LogP contribution is -2.30. The number of ether oxygens (including phenoxy) is 1. The third kappa shape index (κ3) is 4.90. The van der Waals surface area contributed by atoms with Crippen LogP contribution in [0.4, 0.5) is 14.5 Å². The van der Waals surface area contributed by atoms with Crippen molar-refractivity contribution >= 4 is 24.0 Å². The van der Waals surface area contributed by atoms with Gasteiger partial charge in [0, 0.05) is 30.6 Å². The van der Waals surface area contributed by atoms with Gasteiger partial charge in [0.25, 0.3) is 0 Å². The number of amides is 1. The number of alkyl halides is 2. The number of nitrogens with zero attached hydrogens (tertiary/aromatic N) is 2. The number of rotatable bonds is 6. The van der Waals surface area contributed by atoms with Crippen LogP contribution in [0.15, 0.2) is 30.6 Å². The van der Waals surface area contributed by atoms with Crippen LogP contribution in [-0.4, -0.2) is 29.3 Å². The van der Waals surface area contributed by atoms with Crippen molar-refractivity contribution in [2.45, 2.75) is 19.6 Å². The summed E-state index contributed by atoms with van der Waals surface area (Å²) in [7, 11) is 3.40. The Balaban J connectivity index is 0.00000288. The number of benzene rings is 1. The van der Waals surface area contributed by atoms with E-state index in [0.29, 0.717) is 16.8 Å². The molecule has 132 valence electrons. The van der Waals surface area contributed by atoms with E-state index in [4.69, 9.17) is 0 Å². The van der Waals surface area contributed by atoms with Crippen molar-refractivity contribution in [2.75, 3.05) is 12.4 Å². The van der Waals surface area contributed by atoms with E-state index in [-0.39, 0.29) is 24.1 Å². The summed E-state index contributed by atoms with van der Waals surface area (Å²) in [5.41, 5.74) is 1.63. The summed E-state index contributed by atoms with van der Waals surface area (Å²) in [5, 5.41) is 9.60. The molecule has 1 amide bonds. The molecule has 0 bridgehead atoms. The number of aryl methyl sites for hydroxylation is 2. The van der Waals surface area contributed by atoms with Crippen molar-refractivity contribution in [3.63, 3.8) is 0 Å². The molecular weight excluding hydrogens is 342 g/mol. The Hall–Kier alpha value is -2.19. The van der Waals surface area contributed by atoms with Crippen molar-refractivity contribution in [1.29, 1.82) is 0 Å². The standard InChI is InChI=1S/C15H18F2N4O2.ClH/c1-9-4-5-11(6-12(9)23-15(16)17)20-14(22)13(18-2)10-7-19-21(3)8-10;/h4-8,13,15,18H,1-3H3,(H,20,22);1H. The first-order chi connectivity index (χ1) is 10.9. The summed E-state index contributed by atoms with van der Waals surface area (Å²) in [4.78, 5) is 12.4. The first kappa shape index (κ1) is 19.9. The quantitative estimate of drug-likeness (QED) is 0.831. The molecular formula is C15H19ClF2N4O2. The Morgan fingerprint density at radius 3 is 2.62 bits per heavy atom. The molecule has 1 heterocycles. The molecule has 2 aromatic rings. The number of anilines is 1. The Bertz CT molecular complexity index is 694. The molecule has 9 heteroatoms. The highest BCUT2D eigenvalue weighted by atomic mass is 35.5. The van der Waals surface area contributed by atoms with Gasteiger partial charge in [0.2, 0.25) is 5.91 Å². The van der Waals surface area contributed by atoms with Crippen molar-refractivity contribution in [1.82, 2.24) is 15.1 Å². The molecule has 6 nitrogen and oxygen atoms in total. The highest BCUT2D eigenvalue weighted by molar-refractivity contribution is 5.95. The maximum atomic E-state index is 12.4. The molecule has 0 radical (unpaired) electrons. The van der Waals surface area contributed by atoms with Crippen LogP contribution in [0.3, 0.4) is 0 Å². The Labute approximate surface area is 144 Å². The topological polar surface area (TPSA) is 68.2 Å². The maximum Gasteiger partial charge on any atom is 0.387 e. The zero-order valence-electron chi connectivity index (χ0n) is 13.4. The van der Waals surface area contributed by atoms with Gasteiger partial charge in [-0.25, -0.2) is 0 Å². The van der Waals surface area contributed by atoms with E-state index in [2.05, 4.69) is 20.5 Å². The minimum atomic E-state index is -2.92. The van der Waals surface area contributed by atoms with Crippen molar-refractivity contribution < 1.29 is 18.3 Å². The summed E-state index contributed by atoms with van der Waals surface area (Å²) < 4.78 is 30.8. The summed E-state index contributed by atoms with van der Waals surface area (Å²) in [6.45, 7) is -1.27. The predicted molar refractivity (Wildman–Crippen MR) is 88.7 cm³/mol. The lowest BCUT2D eigenvalue weighted by molar-refractivity contribution is -0.118. The number of nitrogens with one attached hydrogen (secondary N) is 2. The molecule has 1 unspecified atom stereocenters. The molecule has 2 N–H and O–H groups in total. The lowest BCUT2D eigenvalue weighted by Gasteiger charge is -2.16. The van der Waals surface area contributed by atoms with Crippen LogP contribution in [0.2, 0.25) is 0 Å². The van der Waals surface area contributed by atoms with E-state index in [0.717, 1.165) is 0 Å². The molecule has 0 fully saturated rings. The number of carbonyl (C=O) groups excluding carboxylic acids is 1. The van der Waals surface area contributed by atoms with Crippen molar-refractivity contribution in [2.24, 2.45) is 7.05 Å². The fourth-order valence-corrected chi connectivity index (χ4v) is 2.15. The fraction of sp³-hybridized carbons (Fsp3) is 0.333. The number of carbonyl (C=O) groups is 1. The molecule has 0 aliphatic rings. The predicted octanol–water partition coefficient (Wildman–Crippen LogP) is 2.65. The van der Waals surface area contributed by atoms with Crippen LogP contribution in [0.5, 0.6) is 5.75 Å². The van der Waals surface area contributed by atoms with Crippen molar-refractivity contribution in [3.05, 3.63) is 41.7 Å². The second kappa shape index (κ2) is 8.60. The van der Waals surface area contributed by atoms with Crippen LogP contribution in [0, 0.1) is 6.92 Å². The molecule has 1 aromatic heterocycles. The molecule has 1 aromatic carbocycles. The number of likely N-dealkylation sites (N-methyl/N-ethyl adjacent to an activating group) is 1. The normalized spacial score (nSPS) is 11.8. The molecule has 0 saturated carbocycles. The van der Waals surface area contributed by atoms with E-state index >= 15 is 0 Å². The Kier molecular flexibility index (Phi) is 7.12. The number of hydrogen-bond donors (Lipinski definition) is 2. The van der Waals surface area contributed by atoms with Gasteiger partial charge in [-0.1, -0.05) is 6.07 Å². The largest absolute Gasteiger partial charge is 0.434 e. The number of hydrogen-bond acceptors (Lipinski definition) is 4. The van der Waals surface area contributed by atoms with Gasteiger partial charge in [0.05, 0.1) is 6.20 Å². The Morgan fingerprint density at radius 1 is 1.38 bits per heavy atom. The monoisotopic (exact) mass is 360 g/mol. The zero-order chi connectivity index (χ0) is 17.0. The molecule has 0 aliphatic heterocycles. The molecule has 0 saturated heterocycles. The van der Waals surface area contributed by atoms with Gasteiger partial charge in [0.15, 0.2) is 0 Å². The maximum absolute atomic E-state index is 12.4. The second-order valence-electron chi connectivity index (χ2n) is 5.02. The summed E-state index contributed by atoms with van der Waals surface area (Å²) in [6.07, 6.45) is 3.31. The highest BCUT2D eigenvalue weighted by Crippen LogP contribution is 2.25. The number of aromatic nitrogens is 2. The fourth-order valence-electron chi connectivity index (χ4n) is 2.15. The lowest BCUT2D eigenvalue weighted by atomic mass is 10.1. The third-order valence-corrected chi connectivity index (χ3v) is 3.28. The molecule has 0 aliphatic carbocycles. The first-order valence-corrected chi connectivity index (χ1v) is 6.93. The smallest absolute Gasteiger partial charge is 0.387 e. The van der Waals surface area contributed by atoms with Gasteiger partial charge in [-0.15, -0.1) is 12.4 Å². The average molecular weight is 361 g/mol. The van der Waals surface area contributed by atoms with E-state index in [9.17, 15) is 13.6 Å².